The highest BCUT2D eigenvalue weighted by molar-refractivity contribution is 5.87. The highest BCUT2D eigenvalue weighted by Gasteiger charge is 2.20. The van der Waals surface area contributed by atoms with Crippen LogP contribution in [0.3, 0.4) is 0 Å². The number of hydrogen-bond acceptors (Lipinski definition) is 2. The van der Waals surface area contributed by atoms with E-state index in [1.807, 2.05) is 12.1 Å². The Morgan fingerprint density at radius 2 is 1.94 bits per heavy atom. The fourth-order valence-electron chi connectivity index (χ4n) is 1.58. The second-order valence-corrected chi connectivity index (χ2v) is 4.42. The van der Waals surface area contributed by atoms with Crippen molar-refractivity contribution in [2.24, 2.45) is 0 Å². The van der Waals surface area contributed by atoms with Gasteiger partial charge < -0.3 is 5.11 Å². The molecule has 16 heavy (non-hydrogen) atoms. The zero-order valence-corrected chi connectivity index (χ0v) is 9.53. The smallest absolute Gasteiger partial charge is 0.335 e. The minimum absolute atomic E-state index is 0.0905. The lowest BCUT2D eigenvalue weighted by molar-refractivity contribution is 0.0697. The summed E-state index contributed by atoms with van der Waals surface area (Å²) < 4.78 is 0. The van der Waals surface area contributed by atoms with Gasteiger partial charge in [0.1, 0.15) is 0 Å². The quantitative estimate of drug-likeness (QED) is 0.843. The molecule has 0 aliphatic rings. The predicted octanol–water partition coefficient (Wildman–Crippen LogP) is 2.97. The van der Waals surface area contributed by atoms with Crippen LogP contribution in [-0.2, 0) is 5.41 Å². The molecule has 84 valence electrons. The Bertz CT molecular complexity index is 413. The van der Waals surface area contributed by atoms with Crippen LogP contribution < -0.4 is 0 Å². The van der Waals surface area contributed by atoms with Crippen molar-refractivity contribution in [3.63, 3.8) is 0 Å². The van der Waals surface area contributed by atoms with Gasteiger partial charge >= 0.3 is 5.97 Å². The lowest BCUT2D eigenvalue weighted by atomic mass is 9.80. The molecule has 0 unspecified atom stereocenters. The summed E-state index contributed by atoms with van der Waals surface area (Å²) in [4.78, 5) is 10.7. The summed E-state index contributed by atoms with van der Waals surface area (Å²) >= 11 is 0. The molecule has 1 aromatic rings. The molecule has 0 aliphatic heterocycles. The van der Waals surface area contributed by atoms with Gasteiger partial charge in [0.2, 0.25) is 0 Å². The Morgan fingerprint density at radius 1 is 1.38 bits per heavy atom. The van der Waals surface area contributed by atoms with E-state index in [-0.39, 0.29) is 5.41 Å². The number of hydrogen-bond donors (Lipinski definition) is 1. The molecular formula is C13H15NO2. The Balaban J connectivity index is 2.88. The van der Waals surface area contributed by atoms with Crippen molar-refractivity contribution in [2.45, 2.75) is 32.1 Å². The number of benzene rings is 1. The van der Waals surface area contributed by atoms with Gasteiger partial charge in [-0.25, -0.2) is 4.79 Å². The number of carboxylic acids is 1. The van der Waals surface area contributed by atoms with E-state index in [1.165, 1.54) is 0 Å². The summed E-state index contributed by atoms with van der Waals surface area (Å²) in [7, 11) is 0. The zero-order chi connectivity index (χ0) is 12.2. The predicted molar refractivity (Wildman–Crippen MR) is 61.3 cm³/mol. The van der Waals surface area contributed by atoms with Gasteiger partial charge in [0.25, 0.3) is 0 Å². The van der Waals surface area contributed by atoms with E-state index >= 15 is 0 Å². The van der Waals surface area contributed by atoms with Crippen LogP contribution in [0, 0.1) is 11.3 Å². The molecule has 0 saturated carbocycles. The van der Waals surface area contributed by atoms with E-state index in [4.69, 9.17) is 10.4 Å². The van der Waals surface area contributed by atoms with Crippen molar-refractivity contribution in [3.05, 3.63) is 35.4 Å². The van der Waals surface area contributed by atoms with E-state index < -0.39 is 5.97 Å². The molecule has 0 heterocycles. The molecule has 3 heteroatoms. The van der Waals surface area contributed by atoms with Crippen LogP contribution in [0.25, 0.3) is 0 Å². The average molecular weight is 217 g/mol. The second kappa shape index (κ2) is 4.80. The average Bonchev–Trinajstić information content (AvgIpc) is 2.26. The minimum Gasteiger partial charge on any atom is -0.478 e. The first-order chi connectivity index (χ1) is 7.47. The van der Waals surface area contributed by atoms with E-state index in [0.717, 1.165) is 12.0 Å². The molecular weight excluding hydrogens is 202 g/mol. The number of nitriles is 1. The maximum Gasteiger partial charge on any atom is 0.335 e. The minimum atomic E-state index is -0.915. The van der Waals surface area contributed by atoms with Crippen LogP contribution in [0.15, 0.2) is 24.3 Å². The molecule has 0 fully saturated rings. The first-order valence-electron chi connectivity index (χ1n) is 5.18. The van der Waals surface area contributed by atoms with Crippen LogP contribution in [-0.4, -0.2) is 11.1 Å². The monoisotopic (exact) mass is 217 g/mol. The third kappa shape index (κ3) is 2.83. The first-order valence-corrected chi connectivity index (χ1v) is 5.18. The van der Waals surface area contributed by atoms with Crippen LogP contribution >= 0.6 is 0 Å². The fraction of sp³-hybridized carbons (Fsp3) is 0.385. The molecule has 0 aliphatic carbocycles. The van der Waals surface area contributed by atoms with E-state index in [0.29, 0.717) is 12.0 Å². The van der Waals surface area contributed by atoms with Crippen molar-refractivity contribution in [2.75, 3.05) is 0 Å². The lowest BCUT2D eigenvalue weighted by Crippen LogP contribution is -2.16. The number of carbonyl (C=O) groups is 1. The standard InChI is InChI=1S/C13H15NO2/c1-13(2,8-3-9-14)11-6-4-10(5-7-11)12(15)16/h4-7H,3,8H2,1-2H3,(H,15,16). The SMILES string of the molecule is CC(C)(CCC#N)c1ccc(C(=O)O)cc1. The highest BCUT2D eigenvalue weighted by atomic mass is 16.4. The second-order valence-electron chi connectivity index (χ2n) is 4.42. The molecule has 1 N–H and O–H groups in total. The van der Waals surface area contributed by atoms with Crippen LogP contribution in [0.5, 0.6) is 0 Å². The summed E-state index contributed by atoms with van der Waals surface area (Å²) in [5, 5.41) is 17.3. The van der Waals surface area contributed by atoms with Crippen LogP contribution in [0.2, 0.25) is 0 Å². The number of carboxylic acid groups (broad SMARTS) is 1. The van der Waals surface area contributed by atoms with Gasteiger partial charge in [0.15, 0.2) is 0 Å². The van der Waals surface area contributed by atoms with Gasteiger partial charge in [-0.05, 0) is 29.5 Å². The molecule has 0 atom stereocenters. The van der Waals surface area contributed by atoms with Crippen molar-refractivity contribution < 1.29 is 9.90 Å². The van der Waals surface area contributed by atoms with Gasteiger partial charge in [-0.3, -0.25) is 0 Å². The van der Waals surface area contributed by atoms with E-state index in [2.05, 4.69) is 19.9 Å². The molecule has 1 aromatic carbocycles. The van der Waals surface area contributed by atoms with E-state index in [1.54, 1.807) is 12.1 Å². The Labute approximate surface area is 95.3 Å². The normalized spacial score (nSPS) is 10.8. The van der Waals surface area contributed by atoms with Crippen molar-refractivity contribution in [3.8, 4) is 6.07 Å². The molecule has 3 nitrogen and oxygen atoms in total. The maximum absolute atomic E-state index is 10.7. The lowest BCUT2D eigenvalue weighted by Gasteiger charge is -2.24. The van der Waals surface area contributed by atoms with Crippen molar-refractivity contribution in [1.29, 1.82) is 5.26 Å². The topological polar surface area (TPSA) is 61.1 Å². The summed E-state index contributed by atoms with van der Waals surface area (Å²) in [5.41, 5.74) is 1.26. The van der Waals surface area contributed by atoms with Gasteiger partial charge in [-0.2, -0.15) is 5.26 Å². The summed E-state index contributed by atoms with van der Waals surface area (Å²) in [6, 6.07) is 8.98. The Hall–Kier alpha value is -1.82. The van der Waals surface area contributed by atoms with Crippen molar-refractivity contribution in [1.82, 2.24) is 0 Å². The molecule has 1 rings (SSSR count). The Morgan fingerprint density at radius 3 is 2.38 bits per heavy atom. The molecule has 0 spiro atoms. The molecule has 0 bridgehead atoms. The van der Waals surface area contributed by atoms with Crippen molar-refractivity contribution >= 4 is 5.97 Å². The zero-order valence-electron chi connectivity index (χ0n) is 9.53. The first kappa shape index (κ1) is 12.3. The summed E-state index contributed by atoms with van der Waals surface area (Å²) in [6.45, 7) is 4.11. The summed E-state index contributed by atoms with van der Waals surface area (Å²) in [6.07, 6.45) is 1.28. The van der Waals surface area contributed by atoms with Gasteiger partial charge in [0.05, 0.1) is 11.6 Å². The number of aromatic carboxylic acids is 1. The molecule has 0 radical (unpaired) electrons. The molecule has 0 aromatic heterocycles. The van der Waals surface area contributed by atoms with Crippen LogP contribution in [0.1, 0.15) is 42.6 Å². The third-order valence-electron chi connectivity index (χ3n) is 2.78. The molecule has 0 amide bonds. The largest absolute Gasteiger partial charge is 0.478 e. The number of nitrogens with zero attached hydrogens (tertiary/aromatic N) is 1. The third-order valence-corrected chi connectivity index (χ3v) is 2.78. The Kier molecular flexibility index (Phi) is 3.68. The number of rotatable bonds is 4. The fourth-order valence-corrected chi connectivity index (χ4v) is 1.58. The maximum atomic E-state index is 10.7. The van der Waals surface area contributed by atoms with Gasteiger partial charge in [-0.1, -0.05) is 26.0 Å². The highest BCUT2D eigenvalue weighted by Crippen LogP contribution is 2.28. The van der Waals surface area contributed by atoms with E-state index in [9.17, 15) is 4.79 Å². The van der Waals surface area contributed by atoms with Gasteiger partial charge in [0, 0.05) is 6.42 Å². The van der Waals surface area contributed by atoms with Gasteiger partial charge in [-0.15, -0.1) is 0 Å². The molecule has 0 saturated heterocycles. The van der Waals surface area contributed by atoms with Crippen LogP contribution in [0.4, 0.5) is 0 Å². The summed E-state index contributed by atoms with van der Waals surface area (Å²) in [5.74, 6) is -0.915.